The van der Waals surface area contributed by atoms with Crippen LogP contribution >= 0.6 is 0 Å². The monoisotopic (exact) mass is 344 g/mol. The molecule has 0 aliphatic heterocycles. The van der Waals surface area contributed by atoms with Crippen LogP contribution in [-0.4, -0.2) is 24.8 Å². The lowest BCUT2D eigenvalue weighted by molar-refractivity contribution is 0.560. The van der Waals surface area contributed by atoms with Crippen molar-refractivity contribution in [3.8, 4) is 11.4 Å². The first-order valence-electron chi connectivity index (χ1n) is 8.59. The highest BCUT2D eigenvalue weighted by Gasteiger charge is 2.11. The van der Waals surface area contributed by atoms with Crippen molar-refractivity contribution >= 4 is 0 Å². The first-order valence-corrected chi connectivity index (χ1v) is 8.59. The summed E-state index contributed by atoms with van der Waals surface area (Å²) < 4.78 is 3.67. The van der Waals surface area contributed by atoms with Crippen LogP contribution in [-0.2, 0) is 6.54 Å². The standard InChI is InChI=1S/C20H20N6/c1-16(20-15-26(24-23-20)19-10-6-3-7-11-19)21-12-17-13-22-25(14-17)18-8-4-2-5-9-18/h2-11,13-16,21H,12H2,1H3/t16-/m0/s1. The zero-order chi connectivity index (χ0) is 17.8. The number of nitrogens with zero attached hydrogens (tertiary/aromatic N) is 5. The molecule has 0 spiro atoms. The summed E-state index contributed by atoms with van der Waals surface area (Å²) in [4.78, 5) is 0. The molecule has 0 fully saturated rings. The van der Waals surface area contributed by atoms with E-state index in [1.165, 1.54) is 0 Å². The summed E-state index contributed by atoms with van der Waals surface area (Å²) in [5.74, 6) is 0. The molecule has 0 unspecified atom stereocenters. The fourth-order valence-corrected chi connectivity index (χ4v) is 2.73. The van der Waals surface area contributed by atoms with E-state index in [2.05, 4.69) is 27.7 Å². The molecule has 4 aromatic rings. The normalized spacial score (nSPS) is 12.2. The lowest BCUT2D eigenvalue weighted by atomic mass is 10.2. The van der Waals surface area contributed by atoms with Gasteiger partial charge in [0.2, 0.25) is 0 Å². The number of benzene rings is 2. The first-order chi connectivity index (χ1) is 12.8. The van der Waals surface area contributed by atoms with Gasteiger partial charge in [-0.1, -0.05) is 41.6 Å². The van der Waals surface area contributed by atoms with Gasteiger partial charge in [-0.2, -0.15) is 5.10 Å². The zero-order valence-corrected chi connectivity index (χ0v) is 14.5. The highest BCUT2D eigenvalue weighted by Crippen LogP contribution is 2.13. The van der Waals surface area contributed by atoms with Gasteiger partial charge >= 0.3 is 0 Å². The maximum absolute atomic E-state index is 4.43. The Labute approximate surface area is 152 Å². The van der Waals surface area contributed by atoms with Crippen molar-refractivity contribution in [1.29, 1.82) is 0 Å². The fourth-order valence-electron chi connectivity index (χ4n) is 2.73. The molecule has 0 saturated carbocycles. The third kappa shape index (κ3) is 3.55. The molecule has 6 nitrogen and oxygen atoms in total. The van der Waals surface area contributed by atoms with Gasteiger partial charge in [0, 0.05) is 18.3 Å². The van der Waals surface area contributed by atoms with Crippen molar-refractivity contribution in [3.05, 3.63) is 90.5 Å². The topological polar surface area (TPSA) is 60.6 Å². The van der Waals surface area contributed by atoms with Crippen LogP contribution in [0.2, 0.25) is 0 Å². The van der Waals surface area contributed by atoms with Crippen LogP contribution < -0.4 is 5.32 Å². The smallest absolute Gasteiger partial charge is 0.0998 e. The van der Waals surface area contributed by atoms with E-state index in [-0.39, 0.29) is 6.04 Å². The second-order valence-corrected chi connectivity index (χ2v) is 6.15. The van der Waals surface area contributed by atoms with Crippen molar-refractivity contribution in [3.63, 3.8) is 0 Å². The Kier molecular flexibility index (Phi) is 4.57. The molecule has 0 aliphatic carbocycles. The van der Waals surface area contributed by atoms with Gasteiger partial charge in [-0.05, 0) is 31.2 Å². The highest BCUT2D eigenvalue weighted by atomic mass is 15.4. The third-order valence-corrected chi connectivity index (χ3v) is 4.24. The fraction of sp³-hybridized carbons (Fsp3) is 0.150. The molecule has 0 amide bonds. The summed E-state index contributed by atoms with van der Waals surface area (Å²) in [7, 11) is 0. The molecule has 0 bridgehead atoms. The van der Waals surface area contributed by atoms with Crippen molar-refractivity contribution in [2.45, 2.75) is 19.5 Å². The summed E-state index contributed by atoms with van der Waals surface area (Å²) in [6.07, 6.45) is 5.88. The lowest BCUT2D eigenvalue weighted by Crippen LogP contribution is -2.18. The van der Waals surface area contributed by atoms with Gasteiger partial charge in [0.25, 0.3) is 0 Å². The van der Waals surface area contributed by atoms with Crippen LogP contribution in [0.15, 0.2) is 79.3 Å². The average Bonchev–Trinajstić information content (AvgIpc) is 3.37. The summed E-state index contributed by atoms with van der Waals surface area (Å²) >= 11 is 0. The lowest BCUT2D eigenvalue weighted by Gasteiger charge is -2.09. The van der Waals surface area contributed by atoms with Crippen molar-refractivity contribution < 1.29 is 0 Å². The number of hydrogen-bond donors (Lipinski definition) is 1. The van der Waals surface area contributed by atoms with Crippen molar-refractivity contribution in [2.24, 2.45) is 0 Å². The summed E-state index contributed by atoms with van der Waals surface area (Å²) in [5, 5.41) is 16.4. The Balaban J connectivity index is 1.39. The van der Waals surface area contributed by atoms with E-state index in [4.69, 9.17) is 0 Å². The number of aromatic nitrogens is 5. The average molecular weight is 344 g/mol. The minimum atomic E-state index is 0.0903. The van der Waals surface area contributed by atoms with Crippen LogP contribution in [0, 0.1) is 0 Å². The molecule has 1 N–H and O–H groups in total. The molecule has 0 radical (unpaired) electrons. The molecule has 2 aromatic heterocycles. The Morgan fingerprint density at radius 3 is 2.23 bits per heavy atom. The molecule has 2 aromatic carbocycles. The summed E-state index contributed by atoms with van der Waals surface area (Å²) in [6, 6.07) is 20.2. The van der Waals surface area contributed by atoms with Gasteiger partial charge < -0.3 is 5.32 Å². The van der Waals surface area contributed by atoms with E-state index in [1.807, 2.05) is 83.9 Å². The molecule has 1 atom stereocenters. The minimum Gasteiger partial charge on any atom is -0.305 e. The highest BCUT2D eigenvalue weighted by molar-refractivity contribution is 5.31. The van der Waals surface area contributed by atoms with Crippen molar-refractivity contribution in [2.75, 3.05) is 0 Å². The van der Waals surface area contributed by atoms with Crippen LogP contribution in [0.3, 0.4) is 0 Å². The molecule has 26 heavy (non-hydrogen) atoms. The SMILES string of the molecule is C[C@H](NCc1cnn(-c2ccccc2)c1)c1cn(-c2ccccc2)nn1. The van der Waals surface area contributed by atoms with Gasteiger partial charge in [0.15, 0.2) is 0 Å². The zero-order valence-electron chi connectivity index (χ0n) is 14.5. The van der Waals surface area contributed by atoms with Crippen LogP contribution in [0.1, 0.15) is 24.2 Å². The van der Waals surface area contributed by atoms with Gasteiger partial charge in [-0.3, -0.25) is 0 Å². The van der Waals surface area contributed by atoms with Crippen molar-refractivity contribution in [1.82, 2.24) is 30.1 Å². The van der Waals surface area contributed by atoms with Crippen LogP contribution in [0.4, 0.5) is 0 Å². The quantitative estimate of drug-likeness (QED) is 0.583. The van der Waals surface area contributed by atoms with E-state index in [1.54, 1.807) is 4.68 Å². The first kappa shape index (κ1) is 16.2. The second-order valence-electron chi connectivity index (χ2n) is 6.15. The number of para-hydroxylation sites is 2. The van der Waals surface area contributed by atoms with Crippen LogP contribution in [0.5, 0.6) is 0 Å². The predicted octanol–water partition coefficient (Wildman–Crippen LogP) is 3.30. The number of nitrogens with one attached hydrogen (secondary N) is 1. The molecule has 0 saturated heterocycles. The Morgan fingerprint density at radius 1 is 0.885 bits per heavy atom. The predicted molar refractivity (Wildman–Crippen MR) is 100 cm³/mol. The van der Waals surface area contributed by atoms with E-state index in [0.29, 0.717) is 6.54 Å². The summed E-state index contributed by atoms with van der Waals surface area (Å²) in [5.41, 5.74) is 4.08. The van der Waals surface area contributed by atoms with Gasteiger partial charge in [0.1, 0.15) is 0 Å². The van der Waals surface area contributed by atoms with E-state index < -0.39 is 0 Å². The molecule has 4 rings (SSSR count). The third-order valence-electron chi connectivity index (χ3n) is 4.24. The number of rotatable bonds is 6. The van der Waals surface area contributed by atoms with Gasteiger partial charge in [0.05, 0.1) is 35.5 Å². The Morgan fingerprint density at radius 2 is 1.54 bits per heavy atom. The Hall–Kier alpha value is -3.25. The molecule has 2 heterocycles. The second kappa shape index (κ2) is 7.33. The molecular formula is C20H20N6. The molecule has 0 aliphatic rings. The van der Waals surface area contributed by atoms with E-state index >= 15 is 0 Å². The van der Waals surface area contributed by atoms with Gasteiger partial charge in [-0.25, -0.2) is 9.36 Å². The largest absolute Gasteiger partial charge is 0.305 e. The molecule has 6 heteroatoms. The van der Waals surface area contributed by atoms with Gasteiger partial charge in [-0.15, -0.1) is 5.10 Å². The molecule has 130 valence electrons. The summed E-state index contributed by atoms with van der Waals surface area (Å²) in [6.45, 7) is 2.80. The van der Waals surface area contributed by atoms with E-state index in [9.17, 15) is 0 Å². The molecular weight excluding hydrogens is 324 g/mol. The number of hydrogen-bond acceptors (Lipinski definition) is 4. The maximum atomic E-state index is 4.43. The Bertz CT molecular complexity index is 958. The van der Waals surface area contributed by atoms with Crippen LogP contribution in [0.25, 0.3) is 11.4 Å². The van der Waals surface area contributed by atoms with E-state index in [0.717, 1.165) is 22.6 Å². The minimum absolute atomic E-state index is 0.0903. The maximum Gasteiger partial charge on any atom is 0.0998 e.